The van der Waals surface area contributed by atoms with Crippen LogP contribution in [0.1, 0.15) is 36.3 Å². The van der Waals surface area contributed by atoms with E-state index in [-0.39, 0.29) is 58.6 Å². The van der Waals surface area contributed by atoms with Crippen molar-refractivity contribution in [3.8, 4) is 17.2 Å². The third-order valence-corrected chi connectivity index (χ3v) is 9.27. The number of amidine groups is 1. The maximum Gasteiger partial charge on any atom is 0.267 e. The molecule has 2 aliphatic rings. The van der Waals surface area contributed by atoms with Crippen LogP contribution in [-0.2, 0) is 14.4 Å². The summed E-state index contributed by atoms with van der Waals surface area (Å²) < 4.78 is 10.6. The summed E-state index contributed by atoms with van der Waals surface area (Å²) in [6.45, 7) is 0.781. The minimum absolute atomic E-state index is 0.0847. The SMILES string of the molecule is COc1cc(/C=C2\SC(=Nc3ccccc3)N([C@@H](CC3CNc4ccccc43)C(=O)N[C@@H](CCCN=C(N)N)C(N)=O)C2=O)cc(OC)c1O. The Morgan fingerprint density at radius 3 is 2.42 bits per heavy atom. The molecule has 15 heteroatoms. The van der Waals surface area contributed by atoms with Crippen LogP contribution in [0.4, 0.5) is 11.4 Å². The fourth-order valence-electron chi connectivity index (χ4n) is 5.82. The Morgan fingerprint density at radius 1 is 1.08 bits per heavy atom. The number of carbonyl (C=O) groups excluding carboxylic acids is 3. The Hall–Kier alpha value is -5.70. The minimum atomic E-state index is -1.09. The van der Waals surface area contributed by atoms with Crippen molar-refractivity contribution >= 4 is 58.1 Å². The molecule has 0 spiro atoms. The number of nitrogens with zero attached hydrogens (tertiary/aromatic N) is 3. The van der Waals surface area contributed by atoms with E-state index in [0.717, 1.165) is 23.0 Å². The van der Waals surface area contributed by atoms with Gasteiger partial charge in [-0.1, -0.05) is 36.4 Å². The number of thioether (sulfide) groups is 1. The molecule has 1 fully saturated rings. The number of methoxy groups -OCH3 is 2. The van der Waals surface area contributed by atoms with Gasteiger partial charge in [0, 0.05) is 24.7 Å². The van der Waals surface area contributed by atoms with Crippen molar-refractivity contribution in [3.63, 3.8) is 0 Å². The van der Waals surface area contributed by atoms with Crippen LogP contribution in [0.2, 0.25) is 0 Å². The van der Waals surface area contributed by atoms with E-state index < -0.39 is 29.8 Å². The first-order valence-corrected chi connectivity index (χ1v) is 16.7. The fourth-order valence-corrected chi connectivity index (χ4v) is 6.86. The second-order valence-electron chi connectivity index (χ2n) is 11.6. The lowest BCUT2D eigenvalue weighted by molar-refractivity contribution is -0.135. The number of ether oxygens (including phenoxy) is 2. The van der Waals surface area contributed by atoms with Crippen molar-refractivity contribution in [2.24, 2.45) is 27.2 Å². The van der Waals surface area contributed by atoms with Crippen LogP contribution in [0.15, 0.2) is 81.6 Å². The Bertz CT molecular complexity index is 1800. The summed E-state index contributed by atoms with van der Waals surface area (Å²) >= 11 is 1.10. The van der Waals surface area contributed by atoms with Gasteiger partial charge in [-0.25, -0.2) is 4.99 Å². The van der Waals surface area contributed by atoms with Crippen LogP contribution < -0.4 is 37.3 Å². The zero-order chi connectivity index (χ0) is 35.8. The standard InChI is InChI=1S/C35H40N8O6S/c1-48-27-15-20(16-28(49-2)30(27)44)17-29-33(47)43(35(50-29)41-22-9-4-3-5-10-22)26(18-21-19-40-24-12-7-6-11-23(21)24)32(46)42-25(31(36)45)13-8-14-39-34(37)38/h3-7,9-12,15-17,21,25-26,40,44H,8,13-14,18-19H2,1-2H3,(H2,36,45)(H,42,46)(H4,37,38,39)/b29-17-,41-35?/t21?,25-,26-/m0/s1. The summed E-state index contributed by atoms with van der Waals surface area (Å²) in [4.78, 5) is 51.7. The molecule has 3 aromatic rings. The number of aromatic hydroxyl groups is 1. The van der Waals surface area contributed by atoms with Gasteiger partial charge in [-0.2, -0.15) is 0 Å². The Labute approximate surface area is 293 Å². The molecular weight excluding hydrogens is 661 g/mol. The van der Waals surface area contributed by atoms with E-state index in [4.69, 9.17) is 31.7 Å². The first-order chi connectivity index (χ1) is 24.1. The van der Waals surface area contributed by atoms with E-state index in [1.807, 2.05) is 42.5 Å². The molecule has 262 valence electrons. The second-order valence-corrected chi connectivity index (χ2v) is 12.6. The number of amides is 3. The molecule has 0 aromatic heterocycles. The highest BCUT2D eigenvalue weighted by molar-refractivity contribution is 8.18. The van der Waals surface area contributed by atoms with Crippen LogP contribution in [0, 0.1) is 0 Å². The van der Waals surface area contributed by atoms with Gasteiger partial charge >= 0.3 is 0 Å². The van der Waals surface area contributed by atoms with Crippen LogP contribution in [0.25, 0.3) is 6.08 Å². The van der Waals surface area contributed by atoms with E-state index in [0.29, 0.717) is 24.2 Å². The number of nitrogens with one attached hydrogen (secondary N) is 2. The van der Waals surface area contributed by atoms with Crippen LogP contribution in [-0.4, -0.2) is 78.2 Å². The number of nitrogens with two attached hydrogens (primary N) is 3. The van der Waals surface area contributed by atoms with Crippen molar-refractivity contribution in [1.29, 1.82) is 0 Å². The lowest BCUT2D eigenvalue weighted by atomic mass is 9.92. The van der Waals surface area contributed by atoms with E-state index in [2.05, 4.69) is 15.6 Å². The number of guanidine groups is 1. The number of aliphatic imine (C=N–C) groups is 2. The number of benzene rings is 3. The van der Waals surface area contributed by atoms with Gasteiger partial charge in [0.15, 0.2) is 22.6 Å². The number of phenols is 1. The predicted molar refractivity (Wildman–Crippen MR) is 194 cm³/mol. The summed E-state index contributed by atoms with van der Waals surface area (Å²) in [6.07, 6.45) is 2.39. The topological polar surface area (TPSA) is 220 Å². The van der Waals surface area contributed by atoms with E-state index in [9.17, 15) is 19.5 Å². The molecule has 14 nitrogen and oxygen atoms in total. The van der Waals surface area contributed by atoms with Gasteiger partial charge in [-0.05, 0) is 78.6 Å². The van der Waals surface area contributed by atoms with Crippen molar-refractivity contribution in [1.82, 2.24) is 10.2 Å². The number of anilines is 1. The highest BCUT2D eigenvalue weighted by Crippen LogP contribution is 2.42. The molecule has 50 heavy (non-hydrogen) atoms. The van der Waals surface area contributed by atoms with Gasteiger partial charge in [0.25, 0.3) is 5.91 Å². The van der Waals surface area contributed by atoms with E-state index >= 15 is 0 Å². The van der Waals surface area contributed by atoms with Gasteiger partial charge in [0.1, 0.15) is 12.1 Å². The molecule has 9 N–H and O–H groups in total. The van der Waals surface area contributed by atoms with E-state index in [1.54, 1.807) is 30.3 Å². The highest BCUT2D eigenvalue weighted by Gasteiger charge is 2.44. The monoisotopic (exact) mass is 700 g/mol. The zero-order valence-electron chi connectivity index (χ0n) is 27.7. The second kappa shape index (κ2) is 16.1. The molecule has 3 amide bonds. The van der Waals surface area contributed by atoms with Gasteiger partial charge < -0.3 is 42.4 Å². The van der Waals surface area contributed by atoms with Crippen molar-refractivity contribution < 1.29 is 29.0 Å². The molecule has 1 unspecified atom stereocenters. The number of primary amides is 1. The van der Waals surface area contributed by atoms with Gasteiger partial charge in [-0.3, -0.25) is 24.3 Å². The van der Waals surface area contributed by atoms with Gasteiger partial charge in [-0.15, -0.1) is 0 Å². The highest BCUT2D eigenvalue weighted by atomic mass is 32.2. The molecule has 1 saturated heterocycles. The van der Waals surface area contributed by atoms with Gasteiger partial charge in [0.05, 0.1) is 24.8 Å². The number of para-hydroxylation sites is 2. The molecule has 0 radical (unpaired) electrons. The first kappa shape index (κ1) is 35.6. The number of hydrogen-bond acceptors (Lipinski definition) is 10. The number of rotatable bonds is 14. The van der Waals surface area contributed by atoms with Crippen LogP contribution >= 0.6 is 11.8 Å². The van der Waals surface area contributed by atoms with Crippen LogP contribution in [0.3, 0.4) is 0 Å². The summed E-state index contributed by atoms with van der Waals surface area (Å²) in [5.74, 6) is -1.87. The van der Waals surface area contributed by atoms with E-state index in [1.165, 1.54) is 19.1 Å². The largest absolute Gasteiger partial charge is 0.502 e. The van der Waals surface area contributed by atoms with Gasteiger partial charge in [0.2, 0.25) is 17.6 Å². The Morgan fingerprint density at radius 2 is 1.76 bits per heavy atom. The molecule has 5 rings (SSSR count). The smallest absolute Gasteiger partial charge is 0.267 e. The zero-order valence-corrected chi connectivity index (χ0v) is 28.5. The quantitative estimate of drug-likeness (QED) is 0.0625. The Kier molecular flexibility index (Phi) is 11.5. The molecule has 0 bridgehead atoms. The molecule has 0 saturated carbocycles. The summed E-state index contributed by atoms with van der Waals surface area (Å²) in [7, 11) is 2.82. The predicted octanol–water partition coefficient (Wildman–Crippen LogP) is 3.01. The number of hydrogen-bond donors (Lipinski definition) is 6. The average Bonchev–Trinajstić information content (AvgIpc) is 3.65. The number of phenolic OH excluding ortho intramolecular Hbond substituents is 1. The van der Waals surface area contributed by atoms with Crippen molar-refractivity contribution in [2.45, 2.75) is 37.3 Å². The lowest BCUT2D eigenvalue weighted by Gasteiger charge is -2.30. The van der Waals surface area contributed by atoms with Crippen molar-refractivity contribution in [2.75, 3.05) is 32.6 Å². The molecule has 3 aromatic carbocycles. The molecule has 2 aliphatic heterocycles. The number of carbonyl (C=O) groups is 3. The third-order valence-electron chi connectivity index (χ3n) is 8.28. The Balaban J connectivity index is 1.56. The van der Waals surface area contributed by atoms with Crippen LogP contribution in [0.5, 0.6) is 17.2 Å². The maximum atomic E-state index is 14.5. The lowest BCUT2D eigenvalue weighted by Crippen LogP contribution is -2.54. The normalized spacial score (nSPS) is 17.9. The average molecular weight is 701 g/mol. The summed E-state index contributed by atoms with van der Waals surface area (Å²) in [5.41, 5.74) is 19.6. The summed E-state index contributed by atoms with van der Waals surface area (Å²) in [5, 5.41) is 16.9. The minimum Gasteiger partial charge on any atom is -0.502 e. The molecule has 2 heterocycles. The fraction of sp³-hybridized carbons (Fsp3) is 0.286. The third kappa shape index (κ3) is 8.29. The molecule has 0 aliphatic carbocycles. The first-order valence-electron chi connectivity index (χ1n) is 15.9. The number of fused-ring (bicyclic) bond motifs is 1. The maximum absolute atomic E-state index is 14.5. The summed E-state index contributed by atoms with van der Waals surface area (Å²) in [6, 6.07) is 17.9. The molecular formula is C35H40N8O6S. The molecule has 3 atom stereocenters. The van der Waals surface area contributed by atoms with Crippen molar-refractivity contribution in [3.05, 3.63) is 82.8 Å².